The minimum absolute atomic E-state index is 0.0522. The summed E-state index contributed by atoms with van der Waals surface area (Å²) in [6, 6.07) is -0.0522. The Bertz CT molecular complexity index is 283. The van der Waals surface area contributed by atoms with Crippen LogP contribution in [0, 0.1) is 0 Å². The standard InChI is InChI=1S/C11H19BrN2O2/c1-4-11(3)8-14(5-6-16-11)10(15)13-7-9(2)12/h2,4-8H2,1,3H3,(H,13,15). The second-order valence-electron chi connectivity index (χ2n) is 4.25. The lowest BCUT2D eigenvalue weighted by atomic mass is 10.0. The molecule has 1 fully saturated rings. The van der Waals surface area contributed by atoms with Crippen molar-refractivity contribution in [2.24, 2.45) is 0 Å². The van der Waals surface area contributed by atoms with Gasteiger partial charge in [0.05, 0.1) is 25.3 Å². The zero-order valence-corrected chi connectivity index (χ0v) is 11.5. The Labute approximate surface area is 105 Å². The highest BCUT2D eigenvalue weighted by Crippen LogP contribution is 2.20. The van der Waals surface area contributed by atoms with Crippen molar-refractivity contribution in [2.45, 2.75) is 25.9 Å². The van der Waals surface area contributed by atoms with Crippen molar-refractivity contribution in [1.82, 2.24) is 10.2 Å². The summed E-state index contributed by atoms with van der Waals surface area (Å²) in [6.45, 7) is 10.1. The summed E-state index contributed by atoms with van der Waals surface area (Å²) in [4.78, 5) is 13.6. The van der Waals surface area contributed by atoms with Crippen LogP contribution in [0.25, 0.3) is 0 Å². The normalized spacial score (nSPS) is 25.3. The minimum Gasteiger partial charge on any atom is -0.372 e. The Morgan fingerprint density at radius 1 is 1.69 bits per heavy atom. The van der Waals surface area contributed by atoms with Crippen LogP contribution in [0.1, 0.15) is 20.3 Å². The fraction of sp³-hybridized carbons (Fsp3) is 0.727. The quantitative estimate of drug-likeness (QED) is 0.865. The first kappa shape index (κ1) is 13.5. The molecule has 0 saturated carbocycles. The third-order valence-corrected chi connectivity index (χ3v) is 3.08. The van der Waals surface area contributed by atoms with E-state index in [0.29, 0.717) is 26.2 Å². The van der Waals surface area contributed by atoms with Crippen molar-refractivity contribution in [3.63, 3.8) is 0 Å². The van der Waals surface area contributed by atoms with Gasteiger partial charge >= 0.3 is 6.03 Å². The van der Waals surface area contributed by atoms with E-state index in [-0.39, 0.29) is 11.6 Å². The number of urea groups is 1. The molecule has 5 heteroatoms. The van der Waals surface area contributed by atoms with Gasteiger partial charge < -0.3 is 15.0 Å². The van der Waals surface area contributed by atoms with Gasteiger partial charge in [-0.25, -0.2) is 4.79 Å². The average molecular weight is 291 g/mol. The molecule has 0 spiro atoms. The van der Waals surface area contributed by atoms with E-state index in [4.69, 9.17) is 4.74 Å². The third kappa shape index (κ3) is 3.79. The Hall–Kier alpha value is -0.550. The topological polar surface area (TPSA) is 41.6 Å². The summed E-state index contributed by atoms with van der Waals surface area (Å²) in [7, 11) is 0. The number of ether oxygens (including phenoxy) is 1. The molecule has 1 unspecified atom stereocenters. The third-order valence-electron chi connectivity index (χ3n) is 2.80. The Morgan fingerprint density at radius 2 is 2.38 bits per heavy atom. The lowest BCUT2D eigenvalue weighted by molar-refractivity contribution is -0.0871. The highest BCUT2D eigenvalue weighted by molar-refractivity contribution is 9.11. The SMILES string of the molecule is C=C(Br)CNC(=O)N1CCOC(C)(CC)C1. The summed E-state index contributed by atoms with van der Waals surface area (Å²) in [5.74, 6) is 0. The van der Waals surface area contributed by atoms with Gasteiger partial charge in [0, 0.05) is 11.0 Å². The van der Waals surface area contributed by atoms with Crippen LogP contribution in [0.2, 0.25) is 0 Å². The zero-order chi connectivity index (χ0) is 12.2. The predicted molar refractivity (Wildman–Crippen MR) is 67.7 cm³/mol. The fourth-order valence-electron chi connectivity index (χ4n) is 1.60. The van der Waals surface area contributed by atoms with E-state index in [1.165, 1.54) is 0 Å². The second-order valence-corrected chi connectivity index (χ2v) is 5.37. The molecular weight excluding hydrogens is 272 g/mol. The molecule has 1 heterocycles. The minimum atomic E-state index is -0.207. The Kier molecular flexibility index (Phi) is 4.80. The molecule has 4 nitrogen and oxygen atoms in total. The van der Waals surface area contributed by atoms with Gasteiger partial charge in [-0.1, -0.05) is 29.4 Å². The summed E-state index contributed by atoms with van der Waals surface area (Å²) >= 11 is 3.21. The van der Waals surface area contributed by atoms with Crippen LogP contribution < -0.4 is 5.32 Å². The molecule has 0 aromatic heterocycles. The number of amides is 2. The fourth-order valence-corrected chi connectivity index (χ4v) is 1.74. The molecule has 16 heavy (non-hydrogen) atoms. The molecule has 1 atom stereocenters. The van der Waals surface area contributed by atoms with Crippen molar-refractivity contribution in [3.05, 3.63) is 11.1 Å². The lowest BCUT2D eigenvalue weighted by Crippen LogP contribution is -2.54. The Balaban J connectivity index is 2.47. The van der Waals surface area contributed by atoms with Crippen molar-refractivity contribution in [2.75, 3.05) is 26.2 Å². The van der Waals surface area contributed by atoms with E-state index in [1.807, 2.05) is 6.92 Å². The number of hydrogen-bond acceptors (Lipinski definition) is 2. The first-order valence-electron chi connectivity index (χ1n) is 5.47. The molecule has 1 aliphatic heterocycles. The molecule has 1 saturated heterocycles. The average Bonchev–Trinajstić information content (AvgIpc) is 2.26. The molecule has 0 aromatic carbocycles. The molecule has 0 bridgehead atoms. The van der Waals surface area contributed by atoms with Gasteiger partial charge in [-0.2, -0.15) is 0 Å². The van der Waals surface area contributed by atoms with Gasteiger partial charge in [0.25, 0.3) is 0 Å². The van der Waals surface area contributed by atoms with Gasteiger partial charge in [0.15, 0.2) is 0 Å². The number of nitrogens with zero attached hydrogens (tertiary/aromatic N) is 1. The molecule has 1 aliphatic rings. The molecule has 92 valence electrons. The van der Waals surface area contributed by atoms with E-state index >= 15 is 0 Å². The van der Waals surface area contributed by atoms with Crippen LogP contribution in [-0.2, 0) is 4.74 Å². The van der Waals surface area contributed by atoms with Crippen molar-refractivity contribution in [1.29, 1.82) is 0 Å². The van der Waals surface area contributed by atoms with Crippen LogP contribution in [0.5, 0.6) is 0 Å². The largest absolute Gasteiger partial charge is 0.372 e. The van der Waals surface area contributed by atoms with Gasteiger partial charge in [0.2, 0.25) is 0 Å². The molecule has 1 N–H and O–H groups in total. The smallest absolute Gasteiger partial charge is 0.317 e. The van der Waals surface area contributed by atoms with Crippen LogP contribution in [0.3, 0.4) is 0 Å². The summed E-state index contributed by atoms with van der Waals surface area (Å²) in [5, 5.41) is 2.80. The van der Waals surface area contributed by atoms with Crippen molar-refractivity contribution < 1.29 is 9.53 Å². The van der Waals surface area contributed by atoms with E-state index in [1.54, 1.807) is 4.90 Å². The first-order chi connectivity index (χ1) is 7.47. The highest BCUT2D eigenvalue weighted by Gasteiger charge is 2.32. The maximum atomic E-state index is 11.8. The van der Waals surface area contributed by atoms with E-state index < -0.39 is 0 Å². The lowest BCUT2D eigenvalue weighted by Gasteiger charge is -2.39. The van der Waals surface area contributed by atoms with Crippen LogP contribution >= 0.6 is 15.9 Å². The summed E-state index contributed by atoms with van der Waals surface area (Å²) in [5.41, 5.74) is -0.207. The maximum Gasteiger partial charge on any atom is 0.317 e. The van der Waals surface area contributed by atoms with Gasteiger partial charge in [-0.3, -0.25) is 0 Å². The predicted octanol–water partition coefficient (Wildman–Crippen LogP) is 2.11. The second kappa shape index (κ2) is 5.68. The maximum absolute atomic E-state index is 11.8. The zero-order valence-electron chi connectivity index (χ0n) is 9.88. The van der Waals surface area contributed by atoms with Gasteiger partial charge in [0.1, 0.15) is 0 Å². The molecule has 2 amide bonds. The number of hydrogen-bond donors (Lipinski definition) is 1. The van der Waals surface area contributed by atoms with Crippen LogP contribution in [0.4, 0.5) is 4.79 Å². The van der Waals surface area contributed by atoms with Gasteiger partial charge in [-0.05, 0) is 13.3 Å². The summed E-state index contributed by atoms with van der Waals surface area (Å²) < 4.78 is 6.44. The number of morpholine rings is 1. The molecular formula is C11H19BrN2O2. The highest BCUT2D eigenvalue weighted by atomic mass is 79.9. The number of rotatable bonds is 3. The molecule has 0 aliphatic carbocycles. The first-order valence-corrected chi connectivity index (χ1v) is 6.26. The van der Waals surface area contributed by atoms with Crippen LogP contribution in [0.15, 0.2) is 11.1 Å². The Morgan fingerprint density at radius 3 is 2.94 bits per heavy atom. The van der Waals surface area contributed by atoms with Crippen molar-refractivity contribution in [3.8, 4) is 0 Å². The van der Waals surface area contributed by atoms with E-state index in [0.717, 1.165) is 10.9 Å². The monoisotopic (exact) mass is 290 g/mol. The van der Waals surface area contributed by atoms with Crippen LogP contribution in [-0.4, -0.2) is 42.8 Å². The van der Waals surface area contributed by atoms with E-state index in [2.05, 4.69) is 34.7 Å². The van der Waals surface area contributed by atoms with Gasteiger partial charge in [-0.15, -0.1) is 0 Å². The summed E-state index contributed by atoms with van der Waals surface area (Å²) in [6.07, 6.45) is 0.905. The number of nitrogens with one attached hydrogen (secondary N) is 1. The number of carbonyl (C=O) groups excluding carboxylic acids is 1. The molecule has 0 aromatic rings. The number of halogens is 1. The van der Waals surface area contributed by atoms with E-state index in [9.17, 15) is 4.79 Å². The molecule has 1 rings (SSSR count). The molecule has 0 radical (unpaired) electrons. The van der Waals surface area contributed by atoms with Crippen molar-refractivity contribution >= 4 is 22.0 Å². The number of carbonyl (C=O) groups is 1.